The van der Waals surface area contributed by atoms with Gasteiger partial charge in [0.25, 0.3) is 5.91 Å². The number of hydrogen-bond acceptors (Lipinski definition) is 7. The molecule has 23 heavy (non-hydrogen) atoms. The average Bonchev–Trinajstić information content (AvgIpc) is 3.25. The summed E-state index contributed by atoms with van der Waals surface area (Å²) in [5.41, 5.74) is 7.05. The molecule has 3 N–H and O–H groups in total. The van der Waals surface area contributed by atoms with Crippen LogP contribution in [0, 0.1) is 0 Å². The Morgan fingerprint density at radius 1 is 1.26 bits per heavy atom. The maximum atomic E-state index is 12.3. The first-order chi connectivity index (χ1) is 11.2. The van der Waals surface area contributed by atoms with Gasteiger partial charge < -0.3 is 24.9 Å². The minimum atomic E-state index is -0.0939. The van der Waals surface area contributed by atoms with E-state index in [1.165, 1.54) is 6.26 Å². The van der Waals surface area contributed by atoms with Gasteiger partial charge in [0.1, 0.15) is 5.52 Å². The number of hydrogen-bond donors (Lipinski definition) is 2. The number of nitrogens with one attached hydrogen (secondary N) is 1. The smallest absolute Gasteiger partial charge is 0.289 e. The summed E-state index contributed by atoms with van der Waals surface area (Å²) in [6, 6.07) is 3.39. The number of amides is 1. The van der Waals surface area contributed by atoms with Gasteiger partial charge >= 0.3 is 0 Å². The summed E-state index contributed by atoms with van der Waals surface area (Å²) in [5, 5.41) is 0. The zero-order valence-corrected chi connectivity index (χ0v) is 12.3. The first-order valence-corrected chi connectivity index (χ1v) is 7.27. The number of anilines is 2. The van der Waals surface area contributed by atoms with E-state index in [1.54, 1.807) is 23.4 Å². The molecule has 3 aromatic rings. The van der Waals surface area contributed by atoms with E-state index in [2.05, 4.69) is 24.8 Å². The van der Waals surface area contributed by atoms with E-state index in [0.717, 1.165) is 11.3 Å². The number of imidazole rings is 1. The molecule has 9 heteroatoms. The van der Waals surface area contributed by atoms with Crippen molar-refractivity contribution in [3.05, 3.63) is 30.5 Å². The van der Waals surface area contributed by atoms with Crippen LogP contribution in [0.2, 0.25) is 0 Å². The third-order valence-corrected chi connectivity index (χ3v) is 3.88. The maximum Gasteiger partial charge on any atom is 0.289 e. The van der Waals surface area contributed by atoms with Crippen LogP contribution in [0.4, 0.5) is 11.8 Å². The Balaban J connectivity index is 1.53. The van der Waals surface area contributed by atoms with Gasteiger partial charge in [-0.25, -0.2) is 4.98 Å². The molecule has 0 aliphatic carbocycles. The summed E-state index contributed by atoms with van der Waals surface area (Å²) in [6.45, 7) is 2.46. The van der Waals surface area contributed by atoms with Crippen LogP contribution in [0.5, 0.6) is 0 Å². The predicted molar refractivity (Wildman–Crippen MR) is 82.9 cm³/mol. The van der Waals surface area contributed by atoms with Crippen molar-refractivity contribution in [3.8, 4) is 0 Å². The van der Waals surface area contributed by atoms with E-state index in [9.17, 15) is 4.79 Å². The van der Waals surface area contributed by atoms with E-state index in [-0.39, 0.29) is 11.9 Å². The van der Waals surface area contributed by atoms with Crippen LogP contribution in [0.1, 0.15) is 10.6 Å². The summed E-state index contributed by atoms with van der Waals surface area (Å²) >= 11 is 0. The second-order valence-electron chi connectivity index (χ2n) is 5.26. The molecule has 1 fully saturated rings. The standard InChI is InChI=1S/C14H15N7O2/c15-14-18-11-10(16-8-17-11)12(19-14)20-3-5-21(6-4-20)13(22)9-2-1-7-23-9/h1-2,7-8H,3-6H2,(H3,15,16,17,18,19). The highest BCUT2D eigenvalue weighted by molar-refractivity contribution is 5.91. The molecule has 0 atom stereocenters. The third-order valence-electron chi connectivity index (χ3n) is 3.88. The molecule has 1 aliphatic rings. The number of nitrogen functional groups attached to an aromatic ring is 1. The number of furan rings is 1. The lowest BCUT2D eigenvalue weighted by molar-refractivity contribution is 0.0714. The van der Waals surface area contributed by atoms with E-state index in [4.69, 9.17) is 10.2 Å². The molecule has 0 spiro atoms. The molecular formula is C14H15N7O2. The summed E-state index contributed by atoms with van der Waals surface area (Å²) in [4.78, 5) is 31.7. The number of nitrogens with zero attached hydrogens (tertiary/aromatic N) is 5. The Morgan fingerprint density at radius 2 is 2.09 bits per heavy atom. The molecule has 1 saturated heterocycles. The molecule has 0 aromatic carbocycles. The van der Waals surface area contributed by atoms with Gasteiger partial charge in [0, 0.05) is 26.2 Å². The quantitative estimate of drug-likeness (QED) is 0.707. The second kappa shape index (κ2) is 5.27. The van der Waals surface area contributed by atoms with Gasteiger partial charge in [0.05, 0.1) is 12.6 Å². The molecule has 4 heterocycles. The van der Waals surface area contributed by atoms with Crippen LogP contribution in [-0.2, 0) is 0 Å². The minimum absolute atomic E-state index is 0.0939. The van der Waals surface area contributed by atoms with Gasteiger partial charge in [-0.1, -0.05) is 0 Å². The normalized spacial score (nSPS) is 15.3. The maximum absolute atomic E-state index is 12.3. The van der Waals surface area contributed by atoms with Crippen LogP contribution in [0.3, 0.4) is 0 Å². The van der Waals surface area contributed by atoms with Crippen molar-refractivity contribution in [1.29, 1.82) is 0 Å². The van der Waals surface area contributed by atoms with Crippen molar-refractivity contribution in [2.45, 2.75) is 0 Å². The molecule has 4 rings (SSSR count). The van der Waals surface area contributed by atoms with Crippen LogP contribution >= 0.6 is 0 Å². The number of fused-ring (bicyclic) bond motifs is 1. The van der Waals surface area contributed by atoms with Crippen molar-refractivity contribution in [3.63, 3.8) is 0 Å². The number of piperazine rings is 1. The number of carbonyl (C=O) groups excluding carboxylic acids is 1. The minimum Gasteiger partial charge on any atom is -0.459 e. The van der Waals surface area contributed by atoms with Crippen LogP contribution < -0.4 is 10.6 Å². The summed E-state index contributed by atoms with van der Waals surface area (Å²) in [7, 11) is 0. The summed E-state index contributed by atoms with van der Waals surface area (Å²) in [6.07, 6.45) is 3.07. The molecule has 118 valence electrons. The molecule has 1 aliphatic heterocycles. The van der Waals surface area contributed by atoms with Crippen molar-refractivity contribution in [2.24, 2.45) is 0 Å². The predicted octanol–water partition coefficient (Wildman–Crippen LogP) is 0.490. The number of rotatable bonds is 2. The summed E-state index contributed by atoms with van der Waals surface area (Å²) in [5.74, 6) is 1.17. The average molecular weight is 313 g/mol. The zero-order valence-electron chi connectivity index (χ0n) is 12.3. The first kappa shape index (κ1) is 13.6. The molecule has 3 aromatic heterocycles. The lowest BCUT2D eigenvalue weighted by Crippen LogP contribution is -2.49. The highest BCUT2D eigenvalue weighted by Gasteiger charge is 2.25. The van der Waals surface area contributed by atoms with Gasteiger partial charge in [-0.2, -0.15) is 9.97 Å². The highest BCUT2D eigenvalue weighted by atomic mass is 16.3. The van der Waals surface area contributed by atoms with Crippen LogP contribution in [0.25, 0.3) is 11.2 Å². The van der Waals surface area contributed by atoms with Crippen molar-refractivity contribution in [2.75, 3.05) is 36.8 Å². The first-order valence-electron chi connectivity index (χ1n) is 7.27. The summed E-state index contributed by atoms with van der Waals surface area (Å²) < 4.78 is 5.17. The largest absolute Gasteiger partial charge is 0.459 e. The van der Waals surface area contributed by atoms with Crippen molar-refractivity contribution >= 4 is 28.8 Å². The van der Waals surface area contributed by atoms with Gasteiger partial charge in [0.15, 0.2) is 17.2 Å². The van der Waals surface area contributed by atoms with E-state index >= 15 is 0 Å². The van der Waals surface area contributed by atoms with Gasteiger partial charge in [-0.15, -0.1) is 0 Å². The van der Waals surface area contributed by atoms with Crippen molar-refractivity contribution < 1.29 is 9.21 Å². The van der Waals surface area contributed by atoms with Crippen molar-refractivity contribution in [1.82, 2.24) is 24.8 Å². The van der Waals surface area contributed by atoms with E-state index in [0.29, 0.717) is 37.6 Å². The van der Waals surface area contributed by atoms with E-state index < -0.39 is 0 Å². The molecule has 0 radical (unpaired) electrons. The van der Waals surface area contributed by atoms with Gasteiger partial charge in [-0.05, 0) is 12.1 Å². The fraction of sp³-hybridized carbons (Fsp3) is 0.286. The monoisotopic (exact) mass is 313 g/mol. The number of aromatic nitrogens is 4. The second-order valence-corrected chi connectivity index (χ2v) is 5.26. The highest BCUT2D eigenvalue weighted by Crippen LogP contribution is 2.23. The number of H-pyrrole nitrogens is 1. The number of carbonyl (C=O) groups is 1. The lowest BCUT2D eigenvalue weighted by atomic mass is 10.2. The Hall–Kier alpha value is -3.10. The molecular weight excluding hydrogens is 298 g/mol. The molecule has 9 nitrogen and oxygen atoms in total. The topological polar surface area (TPSA) is 117 Å². The lowest BCUT2D eigenvalue weighted by Gasteiger charge is -2.35. The van der Waals surface area contributed by atoms with E-state index in [1.807, 2.05) is 0 Å². The molecule has 1 amide bonds. The van der Waals surface area contributed by atoms with Gasteiger partial charge in [-0.3, -0.25) is 4.79 Å². The van der Waals surface area contributed by atoms with Gasteiger partial charge in [0.2, 0.25) is 5.95 Å². The third kappa shape index (κ3) is 2.35. The zero-order chi connectivity index (χ0) is 15.8. The van der Waals surface area contributed by atoms with Crippen LogP contribution in [-0.4, -0.2) is 56.9 Å². The Morgan fingerprint density at radius 3 is 2.83 bits per heavy atom. The SMILES string of the molecule is Nc1nc(N2CCN(C(=O)c3ccco3)CC2)c2[nH]cnc2n1. The Bertz CT molecular complexity index is 834. The fourth-order valence-electron chi connectivity index (χ4n) is 2.74. The Kier molecular flexibility index (Phi) is 3.11. The Labute approximate surface area is 131 Å². The molecule has 0 saturated carbocycles. The van der Waals surface area contributed by atoms with Crippen LogP contribution in [0.15, 0.2) is 29.1 Å². The fourth-order valence-corrected chi connectivity index (χ4v) is 2.74. The number of nitrogens with two attached hydrogens (primary N) is 1. The number of aromatic amines is 1. The molecule has 0 unspecified atom stereocenters. The molecule has 0 bridgehead atoms.